The summed E-state index contributed by atoms with van der Waals surface area (Å²) in [6.45, 7) is 2.12. The third-order valence-electron chi connectivity index (χ3n) is 4.58. The fourth-order valence-corrected chi connectivity index (χ4v) is 3.37. The Morgan fingerprint density at radius 3 is 2.36 bits per heavy atom. The summed E-state index contributed by atoms with van der Waals surface area (Å²) in [4.78, 5) is 4.27. The zero-order valence-corrected chi connectivity index (χ0v) is 14.5. The van der Waals surface area contributed by atoms with E-state index in [2.05, 4.69) is 95.1 Å². The van der Waals surface area contributed by atoms with Crippen LogP contribution in [0.2, 0.25) is 0 Å². The van der Waals surface area contributed by atoms with Crippen LogP contribution in [0, 0.1) is 6.92 Å². The van der Waals surface area contributed by atoms with Crippen molar-refractivity contribution in [2.75, 3.05) is 0 Å². The lowest BCUT2D eigenvalue weighted by Crippen LogP contribution is -2.10. The normalized spacial score (nSPS) is 12.2. The average Bonchev–Trinajstić information content (AvgIpc) is 3.28. The number of aromatic nitrogens is 3. The minimum atomic E-state index is 0.0983. The van der Waals surface area contributed by atoms with Gasteiger partial charge in [0.2, 0.25) is 0 Å². The van der Waals surface area contributed by atoms with Crippen molar-refractivity contribution in [2.45, 2.75) is 13.0 Å². The summed E-state index contributed by atoms with van der Waals surface area (Å²) < 4.78 is 4.31. The van der Waals surface area contributed by atoms with Crippen LogP contribution in [-0.4, -0.2) is 14.1 Å². The molecular weight excluding hydrogens is 306 g/mol. The summed E-state index contributed by atoms with van der Waals surface area (Å²) in [5, 5.41) is 0. The second kappa shape index (κ2) is 6.44. The lowest BCUT2D eigenvalue weighted by molar-refractivity contribution is 0.676. The molecule has 0 aliphatic carbocycles. The van der Waals surface area contributed by atoms with E-state index in [1.807, 2.05) is 18.7 Å². The standard InChI is InChI=1S/C22H21N3/c1-17-8-10-18(11-9-17)20-14-24(2)15-21(20)22(25-13-12-23-16-25)19-6-4-3-5-7-19/h3-16,22H,1-2H3. The van der Waals surface area contributed by atoms with Gasteiger partial charge in [-0.25, -0.2) is 4.98 Å². The third-order valence-corrected chi connectivity index (χ3v) is 4.58. The second-order valence-electron chi connectivity index (χ2n) is 6.48. The van der Waals surface area contributed by atoms with Crippen molar-refractivity contribution in [1.82, 2.24) is 14.1 Å². The molecule has 0 fully saturated rings. The molecule has 0 amide bonds. The molecule has 4 rings (SSSR count). The van der Waals surface area contributed by atoms with Gasteiger partial charge in [0.15, 0.2) is 0 Å². The first-order valence-corrected chi connectivity index (χ1v) is 8.47. The molecule has 2 aromatic carbocycles. The van der Waals surface area contributed by atoms with Gasteiger partial charge in [-0.15, -0.1) is 0 Å². The van der Waals surface area contributed by atoms with Gasteiger partial charge in [-0.1, -0.05) is 60.2 Å². The number of rotatable bonds is 4. The maximum atomic E-state index is 4.27. The molecular formula is C22H21N3. The lowest BCUT2D eigenvalue weighted by atomic mass is 9.94. The van der Waals surface area contributed by atoms with Gasteiger partial charge >= 0.3 is 0 Å². The van der Waals surface area contributed by atoms with Gasteiger partial charge in [-0.2, -0.15) is 0 Å². The minimum absolute atomic E-state index is 0.0983. The van der Waals surface area contributed by atoms with Crippen LogP contribution < -0.4 is 0 Å². The summed E-state index contributed by atoms with van der Waals surface area (Å²) in [5.41, 5.74) is 6.29. The van der Waals surface area contributed by atoms with Gasteiger partial charge in [-0.05, 0) is 18.1 Å². The van der Waals surface area contributed by atoms with Crippen LogP contribution >= 0.6 is 0 Å². The molecule has 0 aliphatic rings. The van der Waals surface area contributed by atoms with Crippen molar-refractivity contribution in [2.24, 2.45) is 7.05 Å². The van der Waals surface area contributed by atoms with E-state index in [1.54, 1.807) is 0 Å². The number of benzene rings is 2. The Morgan fingerprint density at radius 2 is 1.68 bits per heavy atom. The molecule has 1 unspecified atom stereocenters. The van der Waals surface area contributed by atoms with Gasteiger partial charge in [-0.3, -0.25) is 0 Å². The zero-order valence-electron chi connectivity index (χ0n) is 14.5. The molecule has 3 nitrogen and oxygen atoms in total. The SMILES string of the molecule is Cc1ccc(-c2cn(C)cc2C(c2ccccc2)n2ccnc2)cc1. The molecule has 0 saturated heterocycles. The smallest absolute Gasteiger partial charge is 0.0954 e. The van der Waals surface area contributed by atoms with Crippen molar-refractivity contribution < 1.29 is 0 Å². The highest BCUT2D eigenvalue weighted by Gasteiger charge is 2.21. The van der Waals surface area contributed by atoms with Crippen LogP contribution in [0.4, 0.5) is 0 Å². The highest BCUT2D eigenvalue weighted by molar-refractivity contribution is 5.69. The van der Waals surface area contributed by atoms with Crippen LogP contribution in [0.5, 0.6) is 0 Å². The van der Waals surface area contributed by atoms with Crippen LogP contribution in [0.15, 0.2) is 85.7 Å². The van der Waals surface area contributed by atoms with Gasteiger partial charge < -0.3 is 9.13 Å². The topological polar surface area (TPSA) is 22.8 Å². The average molecular weight is 327 g/mol. The Kier molecular flexibility index (Phi) is 3.98. The molecule has 2 heterocycles. The molecule has 2 aromatic heterocycles. The van der Waals surface area contributed by atoms with Crippen molar-refractivity contribution in [1.29, 1.82) is 0 Å². The molecule has 0 radical (unpaired) electrons. The van der Waals surface area contributed by atoms with Crippen LogP contribution in [0.1, 0.15) is 22.7 Å². The van der Waals surface area contributed by atoms with Gasteiger partial charge in [0, 0.05) is 43.0 Å². The Balaban J connectivity index is 1.90. The van der Waals surface area contributed by atoms with Crippen molar-refractivity contribution in [3.8, 4) is 11.1 Å². The number of hydrogen-bond donors (Lipinski definition) is 0. The fraction of sp³-hybridized carbons (Fsp3) is 0.136. The molecule has 4 aromatic rings. The second-order valence-corrected chi connectivity index (χ2v) is 6.48. The summed E-state index contributed by atoms with van der Waals surface area (Å²) in [6.07, 6.45) is 10.2. The Hall–Kier alpha value is -3.07. The van der Waals surface area contributed by atoms with Crippen LogP contribution in [0.25, 0.3) is 11.1 Å². The predicted molar refractivity (Wildman–Crippen MR) is 101 cm³/mol. The first kappa shape index (κ1) is 15.5. The van der Waals surface area contributed by atoms with E-state index in [9.17, 15) is 0 Å². The first-order chi connectivity index (χ1) is 12.2. The molecule has 0 aliphatic heterocycles. The molecule has 3 heteroatoms. The molecule has 0 saturated carbocycles. The molecule has 0 spiro atoms. The van der Waals surface area contributed by atoms with E-state index in [1.165, 1.54) is 27.8 Å². The third kappa shape index (κ3) is 3.01. The lowest BCUT2D eigenvalue weighted by Gasteiger charge is -2.20. The largest absolute Gasteiger partial charge is 0.356 e. The molecule has 0 bridgehead atoms. The van der Waals surface area contributed by atoms with Gasteiger partial charge in [0.25, 0.3) is 0 Å². The highest BCUT2D eigenvalue weighted by atomic mass is 15.1. The van der Waals surface area contributed by atoms with E-state index >= 15 is 0 Å². The number of aryl methyl sites for hydroxylation is 2. The molecule has 0 N–H and O–H groups in total. The Bertz CT molecular complexity index is 948. The van der Waals surface area contributed by atoms with E-state index < -0.39 is 0 Å². The monoisotopic (exact) mass is 327 g/mol. The van der Waals surface area contributed by atoms with Gasteiger partial charge in [0.1, 0.15) is 0 Å². The summed E-state index contributed by atoms with van der Waals surface area (Å²) in [5.74, 6) is 0. The number of hydrogen-bond acceptors (Lipinski definition) is 1. The van der Waals surface area contributed by atoms with E-state index in [-0.39, 0.29) is 6.04 Å². The van der Waals surface area contributed by atoms with Crippen LogP contribution in [-0.2, 0) is 7.05 Å². The van der Waals surface area contributed by atoms with E-state index in [0.717, 1.165) is 0 Å². The van der Waals surface area contributed by atoms with E-state index in [4.69, 9.17) is 0 Å². The molecule has 1 atom stereocenters. The molecule has 124 valence electrons. The fourth-order valence-electron chi connectivity index (χ4n) is 3.37. The maximum absolute atomic E-state index is 4.27. The summed E-state index contributed by atoms with van der Waals surface area (Å²) in [6, 6.07) is 19.4. The Morgan fingerprint density at radius 1 is 0.920 bits per heavy atom. The summed E-state index contributed by atoms with van der Waals surface area (Å²) in [7, 11) is 2.08. The first-order valence-electron chi connectivity index (χ1n) is 8.47. The maximum Gasteiger partial charge on any atom is 0.0954 e. The van der Waals surface area contributed by atoms with Gasteiger partial charge in [0.05, 0.1) is 12.4 Å². The minimum Gasteiger partial charge on any atom is -0.356 e. The van der Waals surface area contributed by atoms with Crippen molar-refractivity contribution in [3.05, 3.63) is 102 Å². The number of nitrogens with zero attached hydrogens (tertiary/aromatic N) is 3. The van der Waals surface area contributed by atoms with Crippen molar-refractivity contribution >= 4 is 0 Å². The molecule has 25 heavy (non-hydrogen) atoms. The van der Waals surface area contributed by atoms with Crippen LogP contribution in [0.3, 0.4) is 0 Å². The highest BCUT2D eigenvalue weighted by Crippen LogP contribution is 2.35. The Labute approximate surface area is 148 Å². The van der Waals surface area contributed by atoms with E-state index in [0.29, 0.717) is 0 Å². The number of imidazole rings is 1. The predicted octanol–water partition coefficient (Wildman–Crippen LogP) is 4.83. The van der Waals surface area contributed by atoms with Crippen molar-refractivity contribution in [3.63, 3.8) is 0 Å². The summed E-state index contributed by atoms with van der Waals surface area (Å²) >= 11 is 0. The quantitative estimate of drug-likeness (QED) is 0.526. The zero-order chi connectivity index (χ0) is 17.2.